The van der Waals surface area contributed by atoms with Crippen molar-refractivity contribution in [2.24, 2.45) is 0 Å². The first-order valence-corrected chi connectivity index (χ1v) is 6.29. The molecule has 2 N–H and O–H groups in total. The topological polar surface area (TPSA) is 103 Å². The van der Waals surface area contributed by atoms with E-state index in [0.717, 1.165) is 5.69 Å². The maximum Gasteiger partial charge on any atom is 0.407 e. The van der Waals surface area contributed by atoms with Crippen molar-refractivity contribution in [3.8, 4) is 0 Å². The minimum absolute atomic E-state index is 0.106. The summed E-state index contributed by atoms with van der Waals surface area (Å²) in [4.78, 5) is 30.1. The van der Waals surface area contributed by atoms with Gasteiger partial charge in [0.05, 0.1) is 37.6 Å². The highest BCUT2D eigenvalue weighted by Gasteiger charge is 2.16. The number of alkyl carbamates (subject to hydrolysis) is 1. The smallest absolute Gasteiger partial charge is 0.407 e. The number of nitrogens with one attached hydrogen (secondary N) is 2. The van der Waals surface area contributed by atoms with E-state index in [1.807, 2.05) is 0 Å². The van der Waals surface area contributed by atoms with Gasteiger partial charge in [0.1, 0.15) is 12.4 Å². The van der Waals surface area contributed by atoms with E-state index in [1.165, 1.54) is 7.11 Å². The number of carbonyl (C=O) groups is 1. The molecule has 8 heteroatoms. The van der Waals surface area contributed by atoms with Gasteiger partial charge in [-0.15, -0.1) is 0 Å². The lowest BCUT2D eigenvalue weighted by Gasteiger charge is -2.15. The largest absolute Gasteiger partial charge is 0.447 e. The van der Waals surface area contributed by atoms with Crippen LogP contribution in [0.15, 0.2) is 4.79 Å². The second-order valence-electron chi connectivity index (χ2n) is 4.22. The van der Waals surface area contributed by atoms with E-state index < -0.39 is 6.09 Å². The van der Waals surface area contributed by atoms with Gasteiger partial charge >= 0.3 is 6.09 Å². The van der Waals surface area contributed by atoms with Crippen LogP contribution in [0.25, 0.3) is 0 Å². The molecule has 2 rings (SSSR count). The molecule has 0 bridgehead atoms. The molecule has 0 saturated carbocycles. The van der Waals surface area contributed by atoms with Gasteiger partial charge in [-0.05, 0) is 0 Å². The maximum atomic E-state index is 11.8. The molecule has 1 aliphatic rings. The van der Waals surface area contributed by atoms with Gasteiger partial charge in [0.25, 0.3) is 5.56 Å². The Bertz CT molecular complexity index is 528. The van der Waals surface area contributed by atoms with Crippen molar-refractivity contribution < 1.29 is 19.0 Å². The molecule has 0 unspecified atom stereocenters. The molecule has 8 nitrogen and oxygen atoms in total. The Kier molecular flexibility index (Phi) is 5.08. The van der Waals surface area contributed by atoms with E-state index in [9.17, 15) is 9.59 Å². The van der Waals surface area contributed by atoms with Crippen LogP contribution in [-0.2, 0) is 33.8 Å². The van der Waals surface area contributed by atoms with Crippen LogP contribution in [0.2, 0.25) is 0 Å². The summed E-state index contributed by atoms with van der Waals surface area (Å²) < 4.78 is 14.8. The molecular weight excluding hydrogens is 266 g/mol. The predicted octanol–water partition coefficient (Wildman–Crippen LogP) is -0.285. The summed E-state index contributed by atoms with van der Waals surface area (Å²) >= 11 is 0. The Morgan fingerprint density at radius 1 is 1.50 bits per heavy atom. The van der Waals surface area contributed by atoms with Crippen LogP contribution < -0.4 is 10.9 Å². The third-order valence-corrected chi connectivity index (χ3v) is 2.80. The van der Waals surface area contributed by atoms with E-state index >= 15 is 0 Å². The van der Waals surface area contributed by atoms with Gasteiger partial charge < -0.3 is 24.5 Å². The van der Waals surface area contributed by atoms with Crippen molar-refractivity contribution in [3.05, 3.63) is 27.4 Å². The summed E-state index contributed by atoms with van der Waals surface area (Å²) in [5.41, 5.74) is 1.06. The van der Waals surface area contributed by atoms with Gasteiger partial charge in [0.2, 0.25) is 0 Å². The van der Waals surface area contributed by atoms with Crippen LogP contribution in [0.4, 0.5) is 4.79 Å². The molecule has 2 heterocycles. The van der Waals surface area contributed by atoms with Crippen LogP contribution in [0.1, 0.15) is 17.1 Å². The second kappa shape index (κ2) is 7.01. The minimum atomic E-state index is -0.578. The number of rotatable bonds is 5. The average molecular weight is 283 g/mol. The van der Waals surface area contributed by atoms with E-state index in [1.54, 1.807) is 0 Å². The molecule has 0 atom stereocenters. The Hall–Kier alpha value is -1.93. The van der Waals surface area contributed by atoms with Crippen molar-refractivity contribution in [2.45, 2.75) is 19.6 Å². The highest BCUT2D eigenvalue weighted by molar-refractivity contribution is 5.66. The zero-order chi connectivity index (χ0) is 14.4. The predicted molar refractivity (Wildman–Crippen MR) is 68.3 cm³/mol. The average Bonchev–Trinajstić information content (AvgIpc) is 2.45. The number of nitrogens with zero attached hydrogens (tertiary/aromatic N) is 1. The first kappa shape index (κ1) is 14.5. The molecule has 0 fully saturated rings. The van der Waals surface area contributed by atoms with Gasteiger partial charge in [0, 0.05) is 13.5 Å². The van der Waals surface area contributed by atoms with E-state index in [4.69, 9.17) is 14.2 Å². The Morgan fingerprint density at radius 3 is 3.15 bits per heavy atom. The summed E-state index contributed by atoms with van der Waals surface area (Å²) in [6, 6.07) is 0. The summed E-state index contributed by atoms with van der Waals surface area (Å²) in [6.45, 7) is 1.45. The molecule has 1 aromatic rings. The Labute approximate surface area is 115 Å². The lowest BCUT2D eigenvalue weighted by atomic mass is 10.1. The van der Waals surface area contributed by atoms with Crippen LogP contribution in [0, 0.1) is 0 Å². The Balaban J connectivity index is 1.92. The number of hydrogen-bond acceptors (Lipinski definition) is 6. The third kappa shape index (κ3) is 3.78. The van der Waals surface area contributed by atoms with Gasteiger partial charge in [0.15, 0.2) is 0 Å². The first-order chi connectivity index (χ1) is 9.70. The molecule has 0 spiro atoms. The first-order valence-electron chi connectivity index (χ1n) is 6.29. The number of aromatic nitrogens is 2. The normalized spacial score (nSPS) is 13.7. The highest BCUT2D eigenvalue weighted by Crippen LogP contribution is 2.09. The van der Waals surface area contributed by atoms with Crippen molar-refractivity contribution in [3.63, 3.8) is 0 Å². The zero-order valence-electron chi connectivity index (χ0n) is 11.2. The molecule has 1 aliphatic heterocycles. The maximum absolute atomic E-state index is 11.8. The SMILES string of the molecule is COCCOC(=O)NCc1nc2c(c(=O)[nH]1)COCC2. The molecular formula is C12H17N3O5. The summed E-state index contributed by atoms with van der Waals surface area (Å²) in [6.07, 6.45) is 0.0237. The lowest BCUT2D eigenvalue weighted by molar-refractivity contribution is 0.0980. The fraction of sp³-hybridized carbons (Fsp3) is 0.583. The number of aromatic amines is 1. The van der Waals surface area contributed by atoms with Crippen molar-refractivity contribution in [2.75, 3.05) is 26.9 Å². The Morgan fingerprint density at radius 2 is 2.35 bits per heavy atom. The number of amides is 1. The molecule has 110 valence electrons. The standard InChI is InChI=1S/C12H17N3O5/c1-18-4-5-20-12(17)13-6-10-14-9-2-3-19-7-8(9)11(16)15-10/h2-7H2,1H3,(H,13,17)(H,14,15,16). The van der Waals surface area contributed by atoms with Crippen molar-refractivity contribution in [1.29, 1.82) is 0 Å². The van der Waals surface area contributed by atoms with E-state index in [-0.39, 0.29) is 25.3 Å². The van der Waals surface area contributed by atoms with E-state index in [0.29, 0.717) is 31.0 Å². The second-order valence-corrected chi connectivity index (χ2v) is 4.22. The molecule has 0 saturated heterocycles. The summed E-state index contributed by atoms with van der Waals surface area (Å²) in [7, 11) is 1.52. The molecule has 0 aliphatic carbocycles. The van der Waals surface area contributed by atoms with Crippen LogP contribution in [-0.4, -0.2) is 43.0 Å². The molecule has 0 aromatic carbocycles. The minimum Gasteiger partial charge on any atom is -0.447 e. The monoisotopic (exact) mass is 283 g/mol. The van der Waals surface area contributed by atoms with Crippen LogP contribution in [0.3, 0.4) is 0 Å². The highest BCUT2D eigenvalue weighted by atomic mass is 16.6. The number of hydrogen-bond donors (Lipinski definition) is 2. The van der Waals surface area contributed by atoms with Gasteiger partial charge in [-0.2, -0.15) is 0 Å². The molecule has 1 aromatic heterocycles. The molecule has 1 amide bonds. The third-order valence-electron chi connectivity index (χ3n) is 2.80. The van der Waals surface area contributed by atoms with Crippen LogP contribution in [0.5, 0.6) is 0 Å². The van der Waals surface area contributed by atoms with Crippen LogP contribution >= 0.6 is 0 Å². The number of methoxy groups -OCH3 is 1. The van der Waals surface area contributed by atoms with Gasteiger partial charge in [-0.25, -0.2) is 9.78 Å². The lowest BCUT2D eigenvalue weighted by Crippen LogP contribution is -2.30. The number of ether oxygens (including phenoxy) is 3. The summed E-state index contributed by atoms with van der Waals surface area (Å²) in [5.74, 6) is 0.402. The van der Waals surface area contributed by atoms with Crippen molar-refractivity contribution >= 4 is 6.09 Å². The van der Waals surface area contributed by atoms with Gasteiger partial charge in [-0.3, -0.25) is 4.79 Å². The van der Waals surface area contributed by atoms with Crippen molar-refractivity contribution in [1.82, 2.24) is 15.3 Å². The zero-order valence-corrected chi connectivity index (χ0v) is 11.2. The fourth-order valence-corrected chi connectivity index (χ4v) is 1.80. The van der Waals surface area contributed by atoms with Gasteiger partial charge in [-0.1, -0.05) is 0 Å². The summed E-state index contributed by atoms with van der Waals surface area (Å²) in [5, 5.41) is 2.51. The quantitative estimate of drug-likeness (QED) is 0.720. The molecule has 20 heavy (non-hydrogen) atoms. The number of carbonyl (C=O) groups excluding carboxylic acids is 1. The molecule has 0 radical (unpaired) electrons. The number of fused-ring (bicyclic) bond motifs is 1. The van der Waals surface area contributed by atoms with E-state index in [2.05, 4.69) is 15.3 Å². The number of H-pyrrole nitrogens is 1. The fourth-order valence-electron chi connectivity index (χ4n) is 1.80.